The number of ether oxygens (including phenoxy) is 4. The zero-order chi connectivity index (χ0) is 13.7. The third-order valence-corrected chi connectivity index (χ3v) is 2.64. The van der Waals surface area contributed by atoms with Gasteiger partial charge in [0.15, 0.2) is 11.5 Å². The van der Waals surface area contributed by atoms with E-state index in [1.807, 2.05) is 0 Å². The van der Waals surface area contributed by atoms with Crippen LogP contribution >= 0.6 is 0 Å². The van der Waals surface area contributed by atoms with Crippen molar-refractivity contribution in [3.63, 3.8) is 0 Å². The Bertz CT molecular complexity index is 364. The minimum Gasteiger partial charge on any atom is -0.493 e. The largest absolute Gasteiger partial charge is 0.493 e. The lowest BCUT2D eigenvalue weighted by atomic mass is 10.2. The van der Waals surface area contributed by atoms with E-state index in [9.17, 15) is 5.11 Å². The number of aliphatic hydroxyl groups is 1. The molecule has 1 aromatic carbocycles. The molecule has 0 saturated heterocycles. The van der Waals surface area contributed by atoms with Gasteiger partial charge in [-0.1, -0.05) is 0 Å². The van der Waals surface area contributed by atoms with Crippen LogP contribution in [0.15, 0.2) is 12.1 Å². The minimum absolute atomic E-state index is 0.326. The molecule has 0 aromatic heterocycles. The van der Waals surface area contributed by atoms with E-state index in [2.05, 4.69) is 0 Å². The second-order valence-corrected chi connectivity index (χ2v) is 3.92. The van der Waals surface area contributed by atoms with E-state index in [-0.39, 0.29) is 6.10 Å². The SMILES string of the molecule is COc1cc(OC(C)[C@@H](C)O)cc(OC)c1OC. The standard InChI is InChI=1S/C13H20O5/c1-8(14)9(2)18-10-6-11(15-3)13(17-5)12(7-10)16-4/h6-9,14H,1-5H3/t8-,9?/m1/s1. The van der Waals surface area contributed by atoms with Crippen LogP contribution < -0.4 is 18.9 Å². The van der Waals surface area contributed by atoms with Gasteiger partial charge in [-0.25, -0.2) is 0 Å². The number of rotatable bonds is 6. The van der Waals surface area contributed by atoms with Crippen LogP contribution in [0, 0.1) is 0 Å². The van der Waals surface area contributed by atoms with Crippen LogP contribution in [0.3, 0.4) is 0 Å². The summed E-state index contributed by atoms with van der Waals surface area (Å²) in [5.74, 6) is 2.10. The van der Waals surface area contributed by atoms with E-state index < -0.39 is 6.10 Å². The summed E-state index contributed by atoms with van der Waals surface area (Å²) in [7, 11) is 4.62. The molecule has 1 rings (SSSR count). The van der Waals surface area contributed by atoms with E-state index >= 15 is 0 Å². The zero-order valence-electron chi connectivity index (χ0n) is 11.4. The summed E-state index contributed by atoms with van der Waals surface area (Å²) in [6.45, 7) is 3.45. The highest BCUT2D eigenvalue weighted by atomic mass is 16.5. The molecule has 102 valence electrons. The van der Waals surface area contributed by atoms with E-state index in [4.69, 9.17) is 18.9 Å². The van der Waals surface area contributed by atoms with Crippen LogP contribution in [-0.2, 0) is 0 Å². The van der Waals surface area contributed by atoms with Crippen molar-refractivity contribution in [3.05, 3.63) is 12.1 Å². The summed E-state index contributed by atoms with van der Waals surface area (Å²) in [5.41, 5.74) is 0. The molecule has 0 heterocycles. The van der Waals surface area contributed by atoms with Gasteiger partial charge in [-0.15, -0.1) is 0 Å². The zero-order valence-corrected chi connectivity index (χ0v) is 11.4. The van der Waals surface area contributed by atoms with E-state index in [0.29, 0.717) is 23.0 Å². The predicted octanol–water partition coefficient (Wildman–Crippen LogP) is 1.86. The molecule has 0 saturated carbocycles. The van der Waals surface area contributed by atoms with E-state index in [1.165, 1.54) is 0 Å². The minimum atomic E-state index is -0.566. The first-order valence-corrected chi connectivity index (χ1v) is 5.68. The highest BCUT2D eigenvalue weighted by Gasteiger charge is 2.16. The third-order valence-electron chi connectivity index (χ3n) is 2.64. The maximum Gasteiger partial charge on any atom is 0.203 e. The van der Waals surface area contributed by atoms with Gasteiger partial charge in [0.1, 0.15) is 11.9 Å². The summed E-state index contributed by atoms with van der Waals surface area (Å²) in [5, 5.41) is 9.42. The summed E-state index contributed by atoms with van der Waals surface area (Å²) in [6.07, 6.45) is -0.892. The molecule has 0 bridgehead atoms. The van der Waals surface area contributed by atoms with Crippen molar-refractivity contribution in [2.75, 3.05) is 21.3 Å². The van der Waals surface area contributed by atoms with Crippen molar-refractivity contribution in [2.24, 2.45) is 0 Å². The van der Waals surface area contributed by atoms with Crippen molar-refractivity contribution < 1.29 is 24.1 Å². The second kappa shape index (κ2) is 6.35. The molecule has 0 aliphatic carbocycles. The molecule has 5 heteroatoms. The lowest BCUT2D eigenvalue weighted by molar-refractivity contribution is 0.0601. The molecular weight excluding hydrogens is 236 g/mol. The quantitative estimate of drug-likeness (QED) is 0.842. The molecule has 2 atom stereocenters. The number of hydrogen-bond donors (Lipinski definition) is 1. The molecular formula is C13H20O5. The highest BCUT2D eigenvalue weighted by molar-refractivity contribution is 5.55. The number of hydrogen-bond acceptors (Lipinski definition) is 5. The fraction of sp³-hybridized carbons (Fsp3) is 0.538. The molecule has 18 heavy (non-hydrogen) atoms. The molecule has 1 aromatic rings. The van der Waals surface area contributed by atoms with Gasteiger partial charge in [-0.2, -0.15) is 0 Å². The van der Waals surface area contributed by atoms with Gasteiger partial charge < -0.3 is 24.1 Å². The Hall–Kier alpha value is -1.62. The Kier molecular flexibility index (Phi) is 5.09. The normalized spacial score (nSPS) is 13.7. The highest BCUT2D eigenvalue weighted by Crippen LogP contribution is 2.41. The fourth-order valence-corrected chi connectivity index (χ4v) is 1.44. The average molecular weight is 256 g/mol. The summed E-state index contributed by atoms with van der Waals surface area (Å²) >= 11 is 0. The summed E-state index contributed by atoms with van der Waals surface area (Å²) in [6, 6.07) is 3.39. The van der Waals surface area contributed by atoms with Crippen molar-refractivity contribution in [2.45, 2.75) is 26.1 Å². The second-order valence-electron chi connectivity index (χ2n) is 3.92. The molecule has 5 nitrogen and oxygen atoms in total. The van der Waals surface area contributed by atoms with Crippen molar-refractivity contribution in [3.8, 4) is 23.0 Å². The Morgan fingerprint density at radius 3 is 1.78 bits per heavy atom. The topological polar surface area (TPSA) is 57.2 Å². The van der Waals surface area contributed by atoms with Gasteiger partial charge in [0.2, 0.25) is 5.75 Å². The maximum atomic E-state index is 9.42. The first-order chi connectivity index (χ1) is 8.53. The van der Waals surface area contributed by atoms with Crippen LogP contribution in [0.2, 0.25) is 0 Å². The Balaban J connectivity index is 3.07. The molecule has 0 spiro atoms. The van der Waals surface area contributed by atoms with Gasteiger partial charge >= 0.3 is 0 Å². The first-order valence-electron chi connectivity index (χ1n) is 5.68. The molecule has 0 aliphatic heterocycles. The van der Waals surface area contributed by atoms with Crippen molar-refractivity contribution >= 4 is 0 Å². The fourth-order valence-electron chi connectivity index (χ4n) is 1.44. The molecule has 0 radical (unpaired) electrons. The van der Waals surface area contributed by atoms with Crippen LogP contribution in [0.1, 0.15) is 13.8 Å². The Morgan fingerprint density at radius 2 is 1.44 bits per heavy atom. The lowest BCUT2D eigenvalue weighted by Gasteiger charge is -2.19. The van der Waals surface area contributed by atoms with Crippen LogP contribution in [0.4, 0.5) is 0 Å². The average Bonchev–Trinajstić information content (AvgIpc) is 2.37. The number of benzene rings is 1. The third kappa shape index (κ3) is 3.20. The van der Waals surface area contributed by atoms with Crippen LogP contribution in [0.25, 0.3) is 0 Å². The summed E-state index contributed by atoms with van der Waals surface area (Å²) < 4.78 is 21.2. The molecule has 0 amide bonds. The lowest BCUT2D eigenvalue weighted by Crippen LogP contribution is -2.25. The van der Waals surface area contributed by atoms with E-state index in [0.717, 1.165) is 0 Å². The van der Waals surface area contributed by atoms with Gasteiger partial charge in [0, 0.05) is 12.1 Å². The van der Waals surface area contributed by atoms with Crippen molar-refractivity contribution in [1.29, 1.82) is 0 Å². The predicted molar refractivity (Wildman–Crippen MR) is 67.9 cm³/mol. The summed E-state index contributed by atoms with van der Waals surface area (Å²) in [4.78, 5) is 0. The van der Waals surface area contributed by atoms with Crippen molar-refractivity contribution in [1.82, 2.24) is 0 Å². The van der Waals surface area contributed by atoms with Crippen LogP contribution in [0.5, 0.6) is 23.0 Å². The first kappa shape index (κ1) is 14.4. The van der Waals surface area contributed by atoms with Gasteiger partial charge in [0.05, 0.1) is 27.4 Å². The molecule has 0 fully saturated rings. The van der Waals surface area contributed by atoms with Gasteiger partial charge in [-0.05, 0) is 13.8 Å². The van der Waals surface area contributed by atoms with E-state index in [1.54, 1.807) is 47.3 Å². The molecule has 1 unspecified atom stereocenters. The maximum absolute atomic E-state index is 9.42. The number of methoxy groups -OCH3 is 3. The Morgan fingerprint density at radius 1 is 0.944 bits per heavy atom. The van der Waals surface area contributed by atoms with Crippen LogP contribution in [-0.4, -0.2) is 38.6 Å². The smallest absolute Gasteiger partial charge is 0.203 e. The van der Waals surface area contributed by atoms with Gasteiger partial charge in [0.25, 0.3) is 0 Å². The molecule has 0 aliphatic rings. The monoisotopic (exact) mass is 256 g/mol. The Labute approximate surface area is 107 Å². The number of aliphatic hydroxyl groups excluding tert-OH is 1. The molecule has 1 N–H and O–H groups in total. The van der Waals surface area contributed by atoms with Gasteiger partial charge in [-0.3, -0.25) is 0 Å².